The number of nitrogens with zero attached hydrogens (tertiary/aromatic N) is 6. The second kappa shape index (κ2) is 9.50. The summed E-state index contributed by atoms with van der Waals surface area (Å²) in [5.74, 6) is 2.05. The Bertz CT molecular complexity index is 1540. The van der Waals surface area contributed by atoms with E-state index in [9.17, 15) is 0 Å². The van der Waals surface area contributed by atoms with Crippen molar-refractivity contribution in [2.45, 2.75) is 38.7 Å². The van der Waals surface area contributed by atoms with E-state index < -0.39 is 0 Å². The summed E-state index contributed by atoms with van der Waals surface area (Å²) >= 11 is 0. The van der Waals surface area contributed by atoms with Crippen LogP contribution in [0.3, 0.4) is 0 Å². The van der Waals surface area contributed by atoms with Crippen LogP contribution in [0.4, 0.5) is 11.6 Å². The van der Waals surface area contributed by atoms with Crippen molar-refractivity contribution in [1.82, 2.24) is 29.5 Å². The molecule has 1 aliphatic heterocycles. The molecule has 1 aliphatic rings. The average Bonchev–Trinajstić information content (AvgIpc) is 3.57. The normalized spacial score (nSPS) is 15.6. The molecule has 1 atom stereocenters. The minimum Gasteiger partial charge on any atom is -0.383 e. The highest BCUT2D eigenvalue weighted by Crippen LogP contribution is 2.36. The minimum absolute atomic E-state index is 0.00672. The van der Waals surface area contributed by atoms with Crippen LogP contribution < -0.4 is 11.1 Å². The summed E-state index contributed by atoms with van der Waals surface area (Å²) in [6.45, 7) is 3.66. The topological polar surface area (TPSA) is 117 Å². The summed E-state index contributed by atoms with van der Waals surface area (Å²) in [5, 5.41) is 5.24. The van der Waals surface area contributed by atoms with Gasteiger partial charge in [-0.05, 0) is 56.4 Å². The summed E-state index contributed by atoms with van der Waals surface area (Å²) in [7, 11) is 0. The summed E-state index contributed by atoms with van der Waals surface area (Å²) in [6, 6.07) is 10.5. The number of aromatic nitrogens is 6. The molecule has 4 aromatic heterocycles. The predicted octanol–water partition coefficient (Wildman–Crippen LogP) is 4.41. The number of nitrogen functional groups attached to an aromatic ring is 1. The van der Waals surface area contributed by atoms with E-state index in [1.165, 1.54) is 11.9 Å². The van der Waals surface area contributed by atoms with Crippen LogP contribution in [0.25, 0.3) is 27.8 Å². The number of pyridine rings is 1. The Morgan fingerprint density at radius 3 is 2.89 bits per heavy atom. The fourth-order valence-corrected chi connectivity index (χ4v) is 4.86. The van der Waals surface area contributed by atoms with Crippen LogP contribution in [0.2, 0.25) is 0 Å². The molecule has 0 amide bonds. The Labute approximate surface area is 208 Å². The van der Waals surface area contributed by atoms with E-state index in [0.717, 1.165) is 77.8 Å². The van der Waals surface area contributed by atoms with Gasteiger partial charge in [0.25, 0.3) is 0 Å². The number of hydrogen-bond donors (Lipinski definition) is 2. The monoisotopic (exact) mass is 480 g/mol. The Hall–Kier alpha value is -4.11. The molecule has 1 saturated heterocycles. The first kappa shape index (κ1) is 22.4. The van der Waals surface area contributed by atoms with Crippen LogP contribution in [0.1, 0.15) is 42.7 Å². The van der Waals surface area contributed by atoms with Gasteiger partial charge in [-0.3, -0.25) is 9.55 Å². The molecule has 0 saturated carbocycles. The fourth-order valence-electron chi connectivity index (χ4n) is 4.86. The van der Waals surface area contributed by atoms with Crippen molar-refractivity contribution in [3.05, 3.63) is 72.1 Å². The van der Waals surface area contributed by atoms with Gasteiger partial charge in [0.2, 0.25) is 0 Å². The van der Waals surface area contributed by atoms with E-state index in [1.54, 1.807) is 6.20 Å². The molecule has 182 valence electrons. The number of hydrogen-bond acceptors (Lipinski definition) is 8. The minimum atomic E-state index is -0.00672. The molecular formula is C27H28N8O. The molecule has 5 heterocycles. The lowest BCUT2D eigenvalue weighted by Crippen LogP contribution is -2.03. The van der Waals surface area contributed by atoms with E-state index in [1.807, 2.05) is 23.0 Å². The maximum atomic E-state index is 6.26. The summed E-state index contributed by atoms with van der Waals surface area (Å²) in [5.41, 5.74) is 11.1. The van der Waals surface area contributed by atoms with Gasteiger partial charge in [0.1, 0.15) is 18.0 Å². The zero-order valence-electron chi connectivity index (χ0n) is 20.2. The van der Waals surface area contributed by atoms with E-state index in [-0.39, 0.29) is 6.10 Å². The predicted molar refractivity (Wildman–Crippen MR) is 140 cm³/mol. The maximum absolute atomic E-state index is 6.26. The van der Waals surface area contributed by atoms with Crippen molar-refractivity contribution in [3.8, 4) is 5.82 Å². The highest BCUT2D eigenvalue weighted by molar-refractivity contribution is 5.91. The fraction of sp³-hybridized carbons (Fsp3) is 0.296. The second-order valence-electron chi connectivity index (χ2n) is 9.04. The third-order valence-electron chi connectivity index (χ3n) is 6.62. The van der Waals surface area contributed by atoms with Crippen molar-refractivity contribution in [2.24, 2.45) is 0 Å². The largest absolute Gasteiger partial charge is 0.383 e. The number of aryl methyl sites for hydroxylation is 2. The highest BCUT2D eigenvalue weighted by Gasteiger charge is 2.25. The lowest BCUT2D eigenvalue weighted by atomic mass is 10.1. The van der Waals surface area contributed by atoms with Gasteiger partial charge in [-0.1, -0.05) is 12.1 Å². The molecular weight excluding hydrogens is 452 g/mol. The quantitative estimate of drug-likeness (QED) is 0.352. The smallest absolute Gasteiger partial charge is 0.157 e. The van der Waals surface area contributed by atoms with Gasteiger partial charge in [-0.25, -0.2) is 19.9 Å². The molecule has 1 aromatic carbocycles. The Kier molecular flexibility index (Phi) is 5.90. The molecule has 36 heavy (non-hydrogen) atoms. The first-order valence-electron chi connectivity index (χ1n) is 12.4. The number of nitrogens with two attached hydrogens (primary N) is 1. The molecule has 0 radical (unpaired) electrons. The molecule has 3 N–H and O–H groups in total. The van der Waals surface area contributed by atoms with Gasteiger partial charge >= 0.3 is 0 Å². The average molecular weight is 481 g/mol. The molecule has 1 fully saturated rings. The van der Waals surface area contributed by atoms with Gasteiger partial charge < -0.3 is 15.8 Å². The van der Waals surface area contributed by atoms with Crippen LogP contribution in [0.5, 0.6) is 0 Å². The van der Waals surface area contributed by atoms with Crippen LogP contribution >= 0.6 is 0 Å². The first-order valence-corrected chi connectivity index (χ1v) is 12.4. The molecule has 5 aromatic rings. The number of rotatable bonds is 7. The Morgan fingerprint density at radius 2 is 2.03 bits per heavy atom. The molecule has 0 aliphatic carbocycles. The number of anilines is 2. The van der Waals surface area contributed by atoms with Gasteiger partial charge in [-0.15, -0.1) is 0 Å². The van der Waals surface area contributed by atoms with E-state index in [4.69, 9.17) is 20.4 Å². The van der Waals surface area contributed by atoms with Crippen LogP contribution in [0.15, 0.2) is 55.2 Å². The van der Waals surface area contributed by atoms with Crippen molar-refractivity contribution in [1.29, 1.82) is 0 Å². The van der Waals surface area contributed by atoms with E-state index in [2.05, 4.69) is 51.5 Å². The summed E-state index contributed by atoms with van der Waals surface area (Å²) in [6.07, 6.45) is 10.7. The lowest BCUT2D eigenvalue weighted by Gasteiger charge is -2.08. The zero-order valence-corrected chi connectivity index (χ0v) is 20.2. The van der Waals surface area contributed by atoms with Gasteiger partial charge in [0.05, 0.1) is 28.9 Å². The molecule has 0 spiro atoms. The Morgan fingerprint density at radius 1 is 1.11 bits per heavy atom. The second-order valence-corrected chi connectivity index (χ2v) is 9.04. The molecule has 0 unspecified atom stereocenters. The lowest BCUT2D eigenvalue weighted by molar-refractivity contribution is 0.113. The third-order valence-corrected chi connectivity index (χ3v) is 6.62. The van der Waals surface area contributed by atoms with Crippen LogP contribution in [-0.2, 0) is 17.6 Å². The van der Waals surface area contributed by atoms with Crippen molar-refractivity contribution in [3.63, 3.8) is 0 Å². The van der Waals surface area contributed by atoms with Gasteiger partial charge in [0, 0.05) is 36.5 Å². The molecule has 6 rings (SSSR count). The summed E-state index contributed by atoms with van der Waals surface area (Å²) < 4.78 is 7.89. The molecule has 0 bridgehead atoms. The van der Waals surface area contributed by atoms with Crippen LogP contribution in [-0.4, -0.2) is 42.6 Å². The van der Waals surface area contributed by atoms with Crippen molar-refractivity contribution in [2.75, 3.05) is 24.2 Å². The number of fused-ring (bicyclic) bond motifs is 2. The molecule has 9 heteroatoms. The van der Waals surface area contributed by atoms with Crippen molar-refractivity contribution >= 4 is 33.6 Å². The first-order chi connectivity index (χ1) is 17.7. The van der Waals surface area contributed by atoms with E-state index >= 15 is 0 Å². The number of nitrogens with one attached hydrogen (secondary N) is 1. The van der Waals surface area contributed by atoms with Crippen molar-refractivity contribution < 1.29 is 4.74 Å². The Balaban J connectivity index is 1.28. The van der Waals surface area contributed by atoms with Crippen LogP contribution in [0, 0.1) is 0 Å². The van der Waals surface area contributed by atoms with Gasteiger partial charge in [-0.2, -0.15) is 0 Å². The zero-order chi connectivity index (χ0) is 24.5. The number of ether oxygens (including phenoxy) is 1. The standard InChI is InChI=1S/C27H28N8O/c1-2-30-23-10-8-18-7-5-17(12-21(18)34-23)6-9-19-13-29-14-24(33-19)35-15-20(22-4-3-11-36-22)25-26(28)31-16-32-27(25)35/h5,7-8,10,12-16,22H,2-4,6,9,11H2,1H3,(H,30,34)(H2,28,31,32)/t22-/m0/s1. The summed E-state index contributed by atoms with van der Waals surface area (Å²) in [4.78, 5) is 22.9. The SMILES string of the molecule is CCNc1ccc2ccc(CCc3cncc(-n4cc([C@@H]5CCCO5)c5c(N)ncnc54)n3)cc2n1. The molecule has 9 nitrogen and oxygen atoms in total. The highest BCUT2D eigenvalue weighted by atomic mass is 16.5. The van der Waals surface area contributed by atoms with Gasteiger partial charge in [0.15, 0.2) is 11.5 Å². The third kappa shape index (κ3) is 4.22. The maximum Gasteiger partial charge on any atom is 0.157 e. The van der Waals surface area contributed by atoms with E-state index in [0.29, 0.717) is 11.6 Å². The number of benzene rings is 1.